The van der Waals surface area contributed by atoms with Crippen LogP contribution in [-0.4, -0.2) is 34.0 Å². The number of nitrogen functional groups attached to an aromatic ring is 1. The predicted molar refractivity (Wildman–Crippen MR) is 76.8 cm³/mol. The van der Waals surface area contributed by atoms with Crippen molar-refractivity contribution in [3.8, 4) is 11.3 Å². The molecule has 5 nitrogen and oxygen atoms in total. The number of aromatic nitrogens is 1. The lowest BCUT2D eigenvalue weighted by molar-refractivity contribution is 0.105. The van der Waals surface area contributed by atoms with Crippen molar-refractivity contribution >= 4 is 11.4 Å². The van der Waals surface area contributed by atoms with Crippen molar-refractivity contribution in [1.29, 1.82) is 0 Å². The van der Waals surface area contributed by atoms with E-state index in [4.69, 9.17) is 10.8 Å². The molecule has 102 valence electrons. The van der Waals surface area contributed by atoms with E-state index in [0.717, 1.165) is 16.9 Å². The number of hydrogen-bond acceptors (Lipinski definition) is 4. The van der Waals surface area contributed by atoms with Gasteiger partial charge in [-0.05, 0) is 30.3 Å². The summed E-state index contributed by atoms with van der Waals surface area (Å²) < 4.78 is 2.00. The molecule has 1 unspecified atom stereocenters. The summed E-state index contributed by atoms with van der Waals surface area (Å²) in [5.74, 6) is 0. The van der Waals surface area contributed by atoms with Gasteiger partial charge in [0.15, 0.2) is 0 Å². The van der Waals surface area contributed by atoms with E-state index in [2.05, 4.69) is 5.32 Å². The van der Waals surface area contributed by atoms with Gasteiger partial charge < -0.3 is 25.8 Å². The molecule has 0 radical (unpaired) electrons. The lowest BCUT2D eigenvalue weighted by Crippen LogP contribution is -2.22. The summed E-state index contributed by atoms with van der Waals surface area (Å²) in [7, 11) is 1.96. The Morgan fingerprint density at radius 3 is 2.79 bits per heavy atom. The quantitative estimate of drug-likeness (QED) is 0.606. The van der Waals surface area contributed by atoms with Crippen LogP contribution in [0.3, 0.4) is 0 Å². The molecule has 0 aliphatic carbocycles. The average molecular weight is 261 g/mol. The molecule has 0 saturated heterocycles. The van der Waals surface area contributed by atoms with E-state index in [0.29, 0.717) is 12.2 Å². The van der Waals surface area contributed by atoms with Crippen molar-refractivity contribution < 1.29 is 10.2 Å². The Labute approximate surface area is 112 Å². The number of aliphatic hydroxyl groups excluding tert-OH is 2. The summed E-state index contributed by atoms with van der Waals surface area (Å²) in [5.41, 5.74) is 9.54. The Kier molecular flexibility index (Phi) is 4.09. The number of aryl methyl sites for hydroxylation is 1. The minimum absolute atomic E-state index is 0.257. The molecule has 19 heavy (non-hydrogen) atoms. The fourth-order valence-corrected chi connectivity index (χ4v) is 1.93. The zero-order valence-electron chi connectivity index (χ0n) is 10.9. The molecular formula is C14H19N3O2. The number of benzene rings is 1. The summed E-state index contributed by atoms with van der Waals surface area (Å²) in [6.07, 6.45) is 1.20. The van der Waals surface area contributed by atoms with Crippen molar-refractivity contribution in [2.75, 3.05) is 24.2 Å². The van der Waals surface area contributed by atoms with Gasteiger partial charge in [0.05, 0.1) is 12.7 Å². The van der Waals surface area contributed by atoms with Crippen molar-refractivity contribution in [2.45, 2.75) is 6.10 Å². The topological polar surface area (TPSA) is 83.4 Å². The SMILES string of the molecule is Cn1cccc1-c1cc(NCC(O)CO)ccc1N. The number of hydrogen-bond donors (Lipinski definition) is 4. The van der Waals surface area contributed by atoms with E-state index in [1.165, 1.54) is 0 Å². The molecule has 5 heteroatoms. The molecule has 2 aromatic rings. The molecule has 1 heterocycles. The minimum Gasteiger partial charge on any atom is -0.398 e. The van der Waals surface area contributed by atoms with Crippen LogP contribution in [-0.2, 0) is 7.05 Å². The first-order valence-corrected chi connectivity index (χ1v) is 6.16. The van der Waals surface area contributed by atoms with Crippen molar-refractivity contribution in [3.63, 3.8) is 0 Å². The highest BCUT2D eigenvalue weighted by atomic mass is 16.3. The molecular weight excluding hydrogens is 242 g/mol. The third kappa shape index (κ3) is 3.07. The first kappa shape index (κ1) is 13.5. The minimum atomic E-state index is -0.768. The highest BCUT2D eigenvalue weighted by molar-refractivity contribution is 5.78. The highest BCUT2D eigenvalue weighted by Gasteiger charge is 2.08. The van der Waals surface area contributed by atoms with Crippen LogP contribution in [0.5, 0.6) is 0 Å². The fourth-order valence-electron chi connectivity index (χ4n) is 1.93. The van der Waals surface area contributed by atoms with E-state index in [1.807, 2.05) is 48.1 Å². The van der Waals surface area contributed by atoms with Crippen LogP contribution < -0.4 is 11.1 Å². The van der Waals surface area contributed by atoms with Gasteiger partial charge in [-0.2, -0.15) is 0 Å². The maximum atomic E-state index is 9.33. The summed E-state index contributed by atoms with van der Waals surface area (Å²) in [4.78, 5) is 0. The summed E-state index contributed by atoms with van der Waals surface area (Å²) in [6.45, 7) is 0.0413. The van der Waals surface area contributed by atoms with E-state index in [9.17, 15) is 5.11 Å². The molecule has 2 rings (SSSR count). The molecule has 0 fully saturated rings. The standard InChI is InChI=1S/C14H19N3O2/c1-17-6-2-3-14(17)12-7-10(4-5-13(12)15)16-8-11(19)9-18/h2-7,11,16,18-19H,8-9,15H2,1H3. The summed E-state index contributed by atoms with van der Waals surface area (Å²) in [6, 6.07) is 9.58. The number of nitrogens with two attached hydrogens (primary N) is 1. The zero-order valence-corrected chi connectivity index (χ0v) is 10.9. The smallest absolute Gasteiger partial charge is 0.0942 e. The first-order valence-electron chi connectivity index (χ1n) is 6.16. The largest absolute Gasteiger partial charge is 0.398 e. The lowest BCUT2D eigenvalue weighted by Gasteiger charge is -2.13. The number of nitrogens with zero attached hydrogens (tertiary/aromatic N) is 1. The molecule has 1 aromatic heterocycles. The third-order valence-electron chi connectivity index (χ3n) is 3.03. The average Bonchev–Trinajstić information content (AvgIpc) is 2.83. The Morgan fingerprint density at radius 1 is 1.37 bits per heavy atom. The molecule has 1 atom stereocenters. The summed E-state index contributed by atoms with van der Waals surface area (Å²) >= 11 is 0. The van der Waals surface area contributed by atoms with E-state index in [-0.39, 0.29) is 6.61 Å². The van der Waals surface area contributed by atoms with Crippen LogP contribution in [0.25, 0.3) is 11.3 Å². The first-order chi connectivity index (χ1) is 9.11. The number of nitrogens with one attached hydrogen (secondary N) is 1. The van der Waals surface area contributed by atoms with Crippen LogP contribution >= 0.6 is 0 Å². The second kappa shape index (κ2) is 5.77. The zero-order chi connectivity index (χ0) is 13.8. The molecule has 5 N–H and O–H groups in total. The van der Waals surface area contributed by atoms with Gasteiger partial charge in [0, 0.05) is 42.4 Å². The second-order valence-electron chi connectivity index (χ2n) is 4.52. The number of anilines is 2. The Hall–Kier alpha value is -1.98. The molecule has 0 spiro atoms. The van der Waals surface area contributed by atoms with Gasteiger partial charge in [0.25, 0.3) is 0 Å². The van der Waals surface area contributed by atoms with Gasteiger partial charge in [0.2, 0.25) is 0 Å². The predicted octanol–water partition coefficient (Wildman–Crippen LogP) is 1.04. The molecule has 0 amide bonds. The molecule has 0 bridgehead atoms. The van der Waals surface area contributed by atoms with Gasteiger partial charge >= 0.3 is 0 Å². The maximum Gasteiger partial charge on any atom is 0.0942 e. The number of rotatable bonds is 5. The molecule has 0 aliphatic heterocycles. The Balaban J connectivity index is 2.23. The monoisotopic (exact) mass is 261 g/mol. The van der Waals surface area contributed by atoms with E-state index >= 15 is 0 Å². The summed E-state index contributed by atoms with van der Waals surface area (Å²) in [5, 5.41) is 21.2. The maximum absolute atomic E-state index is 9.33. The van der Waals surface area contributed by atoms with Gasteiger partial charge in [-0.3, -0.25) is 0 Å². The highest BCUT2D eigenvalue weighted by Crippen LogP contribution is 2.28. The van der Waals surface area contributed by atoms with Crippen molar-refractivity contribution in [2.24, 2.45) is 7.05 Å². The van der Waals surface area contributed by atoms with Gasteiger partial charge in [0.1, 0.15) is 0 Å². The van der Waals surface area contributed by atoms with Crippen molar-refractivity contribution in [1.82, 2.24) is 4.57 Å². The van der Waals surface area contributed by atoms with Crippen LogP contribution in [0.15, 0.2) is 36.5 Å². The van der Waals surface area contributed by atoms with E-state index < -0.39 is 6.10 Å². The Morgan fingerprint density at radius 2 is 2.16 bits per heavy atom. The van der Waals surface area contributed by atoms with Crippen molar-refractivity contribution in [3.05, 3.63) is 36.5 Å². The van der Waals surface area contributed by atoms with Gasteiger partial charge in [-0.25, -0.2) is 0 Å². The second-order valence-corrected chi connectivity index (χ2v) is 4.52. The van der Waals surface area contributed by atoms with Gasteiger partial charge in [-0.1, -0.05) is 0 Å². The lowest BCUT2D eigenvalue weighted by atomic mass is 10.1. The van der Waals surface area contributed by atoms with Gasteiger partial charge in [-0.15, -0.1) is 0 Å². The molecule has 0 saturated carbocycles. The van der Waals surface area contributed by atoms with Crippen LogP contribution in [0.2, 0.25) is 0 Å². The number of aliphatic hydroxyl groups is 2. The van der Waals surface area contributed by atoms with E-state index in [1.54, 1.807) is 0 Å². The molecule has 0 aliphatic rings. The fraction of sp³-hybridized carbons (Fsp3) is 0.286. The van der Waals surface area contributed by atoms with Crippen LogP contribution in [0, 0.1) is 0 Å². The molecule has 1 aromatic carbocycles. The van der Waals surface area contributed by atoms with Crippen LogP contribution in [0.4, 0.5) is 11.4 Å². The third-order valence-corrected chi connectivity index (χ3v) is 3.03. The normalized spacial score (nSPS) is 12.4. The Bertz CT molecular complexity index is 551. The van der Waals surface area contributed by atoms with Crippen LogP contribution in [0.1, 0.15) is 0 Å².